The first-order chi connectivity index (χ1) is 22.2. The molecule has 0 heterocycles. The zero-order valence-electron chi connectivity index (χ0n) is 25.9. The Morgan fingerprint density at radius 2 is 0.761 bits per heavy atom. The lowest BCUT2D eigenvalue weighted by Gasteiger charge is -2.12. The molecular weight excluding hydrogens is 624 g/mol. The molecule has 0 saturated heterocycles. The lowest BCUT2D eigenvalue weighted by molar-refractivity contribution is -0.452. The van der Waals surface area contributed by atoms with Gasteiger partial charge in [-0.05, 0) is 25.7 Å². The van der Waals surface area contributed by atoms with E-state index in [4.69, 9.17) is 37.9 Å². The van der Waals surface area contributed by atoms with E-state index in [1.165, 1.54) is 66.9 Å². The van der Waals surface area contributed by atoms with Gasteiger partial charge in [0.2, 0.25) is 0 Å². The lowest BCUT2D eigenvalue weighted by atomic mass is 10.1. The van der Waals surface area contributed by atoms with E-state index < -0.39 is 24.2 Å². The zero-order chi connectivity index (χ0) is 33.9. The van der Waals surface area contributed by atoms with Gasteiger partial charge < -0.3 is 37.9 Å². The average Bonchev–Trinajstić information content (AvgIpc) is 3.07. The fourth-order valence-electron chi connectivity index (χ4n) is 3.54. The fraction of sp³-hybridized carbons (Fsp3) is 0.429. The lowest BCUT2D eigenvalue weighted by Crippen LogP contribution is -2.14. The molecule has 0 aliphatic rings. The van der Waals surface area contributed by atoms with E-state index in [-0.39, 0.29) is 47.3 Å². The van der Waals surface area contributed by atoms with Crippen molar-refractivity contribution in [2.75, 3.05) is 55.9 Å². The number of benzene rings is 2. The van der Waals surface area contributed by atoms with Crippen molar-refractivity contribution in [2.45, 2.75) is 25.7 Å². The molecule has 0 unspecified atom stereocenters. The van der Waals surface area contributed by atoms with Crippen LogP contribution < -0.4 is 28.4 Å². The van der Waals surface area contributed by atoms with Gasteiger partial charge in [0.05, 0.1) is 65.9 Å². The highest BCUT2D eigenvalue weighted by Gasteiger charge is 2.22. The number of rotatable bonds is 19. The van der Waals surface area contributed by atoms with Crippen LogP contribution in [0.4, 0.5) is 9.59 Å². The predicted octanol–water partition coefficient (Wildman–Crippen LogP) is 4.31. The number of carbonyl (C=O) groups excluding carboxylic acids is 4. The highest BCUT2D eigenvalue weighted by atomic mass is 17.5. The highest BCUT2D eigenvalue weighted by molar-refractivity contribution is 5.93. The second-order valence-electron chi connectivity index (χ2n) is 8.47. The van der Waals surface area contributed by atoms with Crippen LogP contribution in [0, 0.1) is 0 Å². The molecule has 2 aromatic carbocycles. The SMILES string of the molecule is COc1cc(OC)c(C(=O)OOOC(=O)OCCCCCCOC(=O)OOOC(=O)c2cc(OC)c(OC)cc2OC)cc1OC. The summed E-state index contributed by atoms with van der Waals surface area (Å²) in [6, 6.07) is 5.39. The van der Waals surface area contributed by atoms with Gasteiger partial charge in [0.25, 0.3) is 0 Å². The first kappa shape index (κ1) is 36.8. The summed E-state index contributed by atoms with van der Waals surface area (Å²) in [6.45, 7) is -0.0702. The van der Waals surface area contributed by atoms with Gasteiger partial charge in [-0.1, -0.05) is 0 Å². The van der Waals surface area contributed by atoms with Crippen LogP contribution in [0.25, 0.3) is 0 Å². The Bertz CT molecular complexity index is 1210. The molecule has 254 valence electrons. The van der Waals surface area contributed by atoms with Crippen LogP contribution >= 0.6 is 0 Å². The van der Waals surface area contributed by atoms with Crippen molar-refractivity contribution in [3.63, 3.8) is 0 Å². The van der Waals surface area contributed by atoms with Gasteiger partial charge in [-0.3, -0.25) is 9.78 Å². The number of unbranched alkanes of at least 4 members (excludes halogenated alkanes) is 3. The topological polar surface area (TPSA) is 197 Å². The van der Waals surface area contributed by atoms with Crippen LogP contribution in [0.5, 0.6) is 34.5 Å². The van der Waals surface area contributed by atoms with E-state index in [2.05, 4.69) is 29.6 Å². The molecule has 0 amide bonds. The van der Waals surface area contributed by atoms with E-state index in [0.717, 1.165) is 0 Å². The summed E-state index contributed by atoms with van der Waals surface area (Å²) in [5.41, 5.74) is -0.171. The Kier molecular flexibility index (Phi) is 15.9. The second-order valence-corrected chi connectivity index (χ2v) is 8.47. The van der Waals surface area contributed by atoms with Crippen molar-refractivity contribution < 1.29 is 86.7 Å². The summed E-state index contributed by atoms with van der Waals surface area (Å²) in [4.78, 5) is 65.2. The first-order valence-electron chi connectivity index (χ1n) is 13.3. The maximum atomic E-state index is 12.3. The minimum absolute atomic E-state index is 0.0351. The molecule has 0 atom stereocenters. The third-order valence-corrected chi connectivity index (χ3v) is 5.75. The maximum Gasteiger partial charge on any atom is 0.543 e. The Labute approximate surface area is 262 Å². The minimum atomic E-state index is -1.25. The molecule has 0 aliphatic heterocycles. The van der Waals surface area contributed by atoms with Crippen LogP contribution in [0.1, 0.15) is 46.4 Å². The number of methoxy groups -OCH3 is 6. The van der Waals surface area contributed by atoms with E-state index >= 15 is 0 Å². The van der Waals surface area contributed by atoms with Crippen LogP contribution in [0.3, 0.4) is 0 Å². The monoisotopic (exact) mass is 658 g/mol. The van der Waals surface area contributed by atoms with Gasteiger partial charge in [-0.25, -0.2) is 29.0 Å². The van der Waals surface area contributed by atoms with Gasteiger partial charge >= 0.3 is 24.2 Å². The van der Waals surface area contributed by atoms with Crippen molar-refractivity contribution in [2.24, 2.45) is 0 Å². The summed E-state index contributed by atoms with van der Waals surface area (Å²) < 4.78 is 40.3. The fourth-order valence-corrected chi connectivity index (χ4v) is 3.54. The van der Waals surface area contributed by atoms with Crippen LogP contribution in [0.2, 0.25) is 0 Å². The summed E-state index contributed by atoms with van der Waals surface area (Å²) in [7, 11) is 8.22. The quantitative estimate of drug-likeness (QED) is 0.0894. The van der Waals surface area contributed by atoms with Crippen LogP contribution in [0.15, 0.2) is 24.3 Å². The molecule has 0 spiro atoms. The summed E-state index contributed by atoms with van der Waals surface area (Å²) in [5.74, 6) is -0.817. The van der Waals surface area contributed by atoms with Gasteiger partial charge in [-0.2, -0.15) is 0 Å². The van der Waals surface area contributed by atoms with E-state index in [1.807, 2.05) is 0 Å². The Hall–Kier alpha value is -5.36. The molecule has 0 aliphatic carbocycles. The van der Waals surface area contributed by atoms with Gasteiger partial charge in [0.15, 0.2) is 23.0 Å². The molecule has 2 aromatic rings. The van der Waals surface area contributed by atoms with E-state index in [1.54, 1.807) is 0 Å². The summed E-state index contributed by atoms with van der Waals surface area (Å²) >= 11 is 0. The predicted molar refractivity (Wildman–Crippen MR) is 149 cm³/mol. The first-order valence-corrected chi connectivity index (χ1v) is 13.3. The number of hydrogen-bond donors (Lipinski definition) is 0. The molecule has 0 N–H and O–H groups in total. The number of ether oxygens (including phenoxy) is 8. The van der Waals surface area contributed by atoms with Gasteiger partial charge in [-0.15, -0.1) is 0 Å². The molecule has 0 radical (unpaired) electrons. The van der Waals surface area contributed by atoms with Gasteiger partial charge in [0, 0.05) is 24.3 Å². The molecule has 0 bridgehead atoms. The molecule has 46 heavy (non-hydrogen) atoms. The minimum Gasteiger partial charge on any atom is -0.496 e. The van der Waals surface area contributed by atoms with Crippen molar-refractivity contribution in [3.8, 4) is 34.5 Å². The van der Waals surface area contributed by atoms with Crippen LogP contribution in [-0.4, -0.2) is 80.1 Å². The Morgan fingerprint density at radius 1 is 0.435 bits per heavy atom. The van der Waals surface area contributed by atoms with Crippen LogP contribution in [-0.2, 0) is 39.1 Å². The van der Waals surface area contributed by atoms with E-state index in [0.29, 0.717) is 37.2 Å². The second kappa shape index (κ2) is 19.8. The third-order valence-electron chi connectivity index (χ3n) is 5.75. The van der Waals surface area contributed by atoms with E-state index in [9.17, 15) is 19.2 Å². The van der Waals surface area contributed by atoms with Gasteiger partial charge in [0.1, 0.15) is 22.6 Å². The number of carbonyl (C=O) groups is 4. The maximum absolute atomic E-state index is 12.3. The summed E-state index contributed by atoms with van der Waals surface area (Å²) in [6.07, 6.45) is -0.460. The molecule has 18 nitrogen and oxygen atoms in total. The number of hydrogen-bond acceptors (Lipinski definition) is 18. The molecule has 2 rings (SSSR count). The largest absolute Gasteiger partial charge is 0.543 e. The average molecular weight is 659 g/mol. The molecule has 0 fully saturated rings. The van der Waals surface area contributed by atoms with Crippen molar-refractivity contribution in [3.05, 3.63) is 35.4 Å². The molecule has 0 saturated carbocycles. The molecule has 18 heteroatoms. The molecule has 0 aromatic heterocycles. The Balaban J connectivity index is 1.56. The Morgan fingerprint density at radius 3 is 1.09 bits per heavy atom. The highest BCUT2D eigenvalue weighted by Crippen LogP contribution is 2.36. The summed E-state index contributed by atoms with van der Waals surface area (Å²) in [5, 5.41) is 8.40. The van der Waals surface area contributed by atoms with Crippen molar-refractivity contribution in [1.29, 1.82) is 0 Å². The van der Waals surface area contributed by atoms with Crippen molar-refractivity contribution in [1.82, 2.24) is 0 Å². The normalized spacial score (nSPS) is 10.1. The smallest absolute Gasteiger partial charge is 0.496 e. The zero-order valence-corrected chi connectivity index (χ0v) is 25.9. The van der Waals surface area contributed by atoms with Crippen molar-refractivity contribution >= 4 is 24.2 Å². The molecular formula is C28H34O18. The third kappa shape index (κ3) is 11.3. The standard InChI is InChI=1S/C28H34O18/c1-33-19-15-23(37-5)21(35-3)13-17(19)25(29)41-45-43-27(31)39-11-9-7-8-10-12-40-28(32)44-46-42-26(30)18-14-22(36-4)24(38-6)16-20(18)34-2/h13-16H,7-12H2,1-6H3.